The summed E-state index contributed by atoms with van der Waals surface area (Å²) in [5, 5.41) is 10.4. The highest BCUT2D eigenvalue weighted by atomic mass is 28.3. The molecule has 0 fully saturated rings. The van der Waals surface area contributed by atoms with E-state index in [1.165, 1.54) is 52.6 Å². The summed E-state index contributed by atoms with van der Waals surface area (Å²) in [7, 11) is -5.44. The molecule has 9 aromatic carbocycles. The zero-order valence-electron chi connectivity index (χ0n) is 40.0. The van der Waals surface area contributed by atoms with Crippen molar-refractivity contribution in [3.05, 3.63) is 297 Å². The number of aryl methyl sites for hydroxylation is 2. The van der Waals surface area contributed by atoms with Gasteiger partial charge >= 0.3 is 0 Å². The summed E-state index contributed by atoms with van der Waals surface area (Å²) in [6, 6.07) is 99.6. The van der Waals surface area contributed by atoms with Crippen LogP contribution < -0.4 is 46.4 Å². The molecule has 0 N–H and O–H groups in total. The zero-order valence-corrected chi connectivity index (χ0v) is 42.0. The van der Waals surface area contributed by atoms with Crippen molar-refractivity contribution in [1.29, 1.82) is 0 Å². The summed E-state index contributed by atoms with van der Waals surface area (Å²) in [6.07, 6.45) is 4.27. The van der Waals surface area contributed by atoms with Gasteiger partial charge in [-0.15, -0.1) is 0 Å². The second kappa shape index (κ2) is 19.9. The predicted molar refractivity (Wildman–Crippen MR) is 304 cm³/mol. The monoisotopic (exact) mass is 943 g/mol. The first-order valence-corrected chi connectivity index (χ1v) is 28.4. The molecular formula is C66H53N3Si2. The molecule has 0 atom stereocenters. The van der Waals surface area contributed by atoms with Crippen LogP contribution in [0, 0.1) is 13.8 Å². The summed E-state index contributed by atoms with van der Waals surface area (Å²) in [4.78, 5) is 13.0. The van der Waals surface area contributed by atoms with Crippen LogP contribution in [-0.4, -0.2) is 26.1 Å². The third-order valence-electron chi connectivity index (χ3n) is 13.9. The van der Waals surface area contributed by atoms with E-state index < -0.39 is 16.1 Å². The minimum Gasteiger partial charge on any atom is -0.310 e. The summed E-state index contributed by atoms with van der Waals surface area (Å²) in [5.74, 6) is 0. The van der Waals surface area contributed by atoms with Crippen molar-refractivity contribution < 1.29 is 0 Å². The Hall–Kier alpha value is -8.49. The largest absolute Gasteiger partial charge is 0.310 e. The number of pyridine rings is 2. The van der Waals surface area contributed by atoms with E-state index in [1.54, 1.807) is 0 Å². The summed E-state index contributed by atoms with van der Waals surface area (Å²) in [6.45, 7) is 4.34. The highest BCUT2D eigenvalue weighted by molar-refractivity contribution is 7.20. The number of hydrogen-bond acceptors (Lipinski definition) is 3. The van der Waals surface area contributed by atoms with Crippen LogP contribution in [0.3, 0.4) is 0 Å². The number of benzene rings is 9. The van der Waals surface area contributed by atoms with Crippen LogP contribution in [0.1, 0.15) is 11.1 Å². The van der Waals surface area contributed by atoms with Gasteiger partial charge in [0.15, 0.2) is 16.1 Å². The molecule has 3 nitrogen and oxygen atoms in total. The molecular weight excluding hydrogens is 891 g/mol. The second-order valence-corrected chi connectivity index (χ2v) is 26.0. The van der Waals surface area contributed by atoms with Gasteiger partial charge in [-0.2, -0.15) is 0 Å². The van der Waals surface area contributed by atoms with Crippen LogP contribution in [0.4, 0.5) is 17.1 Å². The first kappa shape index (κ1) is 45.0. The fourth-order valence-electron chi connectivity index (χ4n) is 10.8. The van der Waals surface area contributed by atoms with E-state index in [2.05, 4.69) is 304 Å². The molecule has 0 saturated heterocycles. The number of rotatable bonds is 13. The maximum atomic E-state index is 5.31. The van der Waals surface area contributed by atoms with Crippen molar-refractivity contribution in [2.24, 2.45) is 0 Å². The Labute approximate surface area is 420 Å². The molecule has 0 spiro atoms. The number of aromatic nitrogens is 2. The van der Waals surface area contributed by atoms with Gasteiger partial charge in [-0.25, -0.2) is 0 Å². The maximum absolute atomic E-state index is 5.31. The lowest BCUT2D eigenvalue weighted by Gasteiger charge is -2.34. The topological polar surface area (TPSA) is 29.0 Å². The third-order valence-corrected chi connectivity index (χ3v) is 23.4. The lowest BCUT2D eigenvalue weighted by Crippen LogP contribution is -2.74. The van der Waals surface area contributed by atoms with E-state index in [0.717, 1.165) is 39.6 Å². The fraction of sp³-hybridized carbons (Fsp3) is 0.0303. The third kappa shape index (κ3) is 8.56. The number of nitrogens with zero attached hydrogens (tertiary/aromatic N) is 3. The minimum atomic E-state index is -2.72. The molecule has 11 aromatic rings. The fourth-order valence-corrected chi connectivity index (χ4v) is 20.2. The van der Waals surface area contributed by atoms with Gasteiger partial charge in [0.05, 0.1) is 11.4 Å². The summed E-state index contributed by atoms with van der Waals surface area (Å²) in [5.41, 5.74) is 9.54. The Morgan fingerprint density at radius 1 is 0.268 bits per heavy atom. The van der Waals surface area contributed by atoms with Crippen molar-refractivity contribution >= 4 is 74.7 Å². The lowest BCUT2D eigenvalue weighted by molar-refractivity contribution is 1.25. The highest BCUT2D eigenvalue weighted by Gasteiger charge is 2.43. The Morgan fingerprint density at radius 2 is 0.577 bits per heavy atom. The van der Waals surface area contributed by atoms with Crippen LogP contribution in [-0.2, 0) is 0 Å². The molecule has 71 heavy (non-hydrogen) atoms. The molecule has 0 aliphatic heterocycles. The number of anilines is 3. The smallest absolute Gasteiger partial charge is 0.181 e. The molecule has 0 unspecified atom stereocenters. The normalized spacial score (nSPS) is 11.5. The number of hydrogen-bond donors (Lipinski definition) is 0. The van der Waals surface area contributed by atoms with Crippen LogP contribution in [0.5, 0.6) is 0 Å². The van der Waals surface area contributed by atoms with Crippen molar-refractivity contribution in [3.8, 4) is 22.5 Å². The molecule has 0 radical (unpaired) electrons. The van der Waals surface area contributed by atoms with Crippen molar-refractivity contribution in [2.75, 3.05) is 4.90 Å². The van der Waals surface area contributed by atoms with Gasteiger partial charge in [0, 0.05) is 40.6 Å². The van der Waals surface area contributed by atoms with E-state index in [9.17, 15) is 0 Å². The summed E-state index contributed by atoms with van der Waals surface area (Å²) < 4.78 is 0. The second-order valence-electron chi connectivity index (χ2n) is 18.3. The Kier molecular flexibility index (Phi) is 12.6. The van der Waals surface area contributed by atoms with Crippen molar-refractivity contribution in [3.63, 3.8) is 0 Å². The predicted octanol–water partition coefficient (Wildman–Crippen LogP) is 10.7. The average Bonchev–Trinajstić information content (AvgIpc) is 3.44. The Morgan fingerprint density at radius 3 is 0.859 bits per heavy atom. The quantitative estimate of drug-likeness (QED) is 0.0852. The molecule has 2 heterocycles. The Balaban J connectivity index is 0.989. The van der Waals surface area contributed by atoms with Crippen LogP contribution in [0.2, 0.25) is 0 Å². The minimum absolute atomic E-state index is 0.923. The van der Waals surface area contributed by atoms with Gasteiger partial charge in [0.1, 0.15) is 0 Å². The molecule has 0 saturated carbocycles. The molecule has 340 valence electrons. The van der Waals surface area contributed by atoms with E-state index in [-0.39, 0.29) is 0 Å². The molecule has 0 bridgehead atoms. The van der Waals surface area contributed by atoms with Crippen molar-refractivity contribution in [1.82, 2.24) is 9.97 Å². The van der Waals surface area contributed by atoms with Gasteiger partial charge in [0.2, 0.25) is 0 Å². The van der Waals surface area contributed by atoms with Gasteiger partial charge < -0.3 is 4.90 Å². The van der Waals surface area contributed by atoms with E-state index in [0.29, 0.717) is 0 Å². The van der Waals surface area contributed by atoms with Gasteiger partial charge in [-0.05, 0) is 115 Å². The van der Waals surface area contributed by atoms with Crippen LogP contribution in [0.15, 0.2) is 285 Å². The van der Waals surface area contributed by atoms with Crippen LogP contribution >= 0.6 is 0 Å². The first-order valence-electron chi connectivity index (χ1n) is 24.4. The molecule has 0 aliphatic rings. The summed E-state index contributed by atoms with van der Waals surface area (Å²) >= 11 is 0. The SMILES string of the molecule is Cc1cc(C)cc(N(c2cccc(-c3ccc([Si](c4ccccc4)(c4ccccc4)c4ccccc4)cn3)c2)c2cccc(-c3ccc([Si](c4ccccc4)(c4ccccc4)c4ccccc4)cn3)c2)c1. The highest BCUT2D eigenvalue weighted by Crippen LogP contribution is 2.38. The molecule has 2 aromatic heterocycles. The van der Waals surface area contributed by atoms with Crippen molar-refractivity contribution in [2.45, 2.75) is 13.8 Å². The maximum Gasteiger partial charge on any atom is 0.181 e. The molecule has 0 amide bonds. The molecule has 5 heteroatoms. The Bertz CT molecular complexity index is 3090. The van der Waals surface area contributed by atoms with Crippen LogP contribution in [0.25, 0.3) is 22.5 Å². The molecule has 11 rings (SSSR count). The molecule has 0 aliphatic carbocycles. The standard InChI is InChI=1S/C66H53N3Si2/c1-50-43-51(2)45-56(44-50)69(54-25-21-23-52(46-54)65-41-39-63(48-67-65)70(57-27-9-3-10-28-57,58-29-11-4-12-30-58)59-31-13-5-14-32-59)55-26-22-24-53(47-55)66-42-40-64(49-68-66)71(60-33-15-6-16-34-60,61-35-17-7-18-36-61)62-37-19-8-20-38-62/h3-49H,1-2H3. The van der Waals surface area contributed by atoms with E-state index in [1.807, 2.05) is 0 Å². The first-order chi connectivity index (χ1) is 35.0. The van der Waals surface area contributed by atoms with E-state index >= 15 is 0 Å². The van der Waals surface area contributed by atoms with Gasteiger partial charge in [-0.1, -0.05) is 224 Å². The van der Waals surface area contributed by atoms with Gasteiger partial charge in [0.25, 0.3) is 0 Å². The zero-order chi connectivity index (χ0) is 48.0. The average molecular weight is 944 g/mol. The van der Waals surface area contributed by atoms with E-state index in [4.69, 9.17) is 9.97 Å². The van der Waals surface area contributed by atoms with Gasteiger partial charge in [-0.3, -0.25) is 9.97 Å². The lowest BCUT2D eigenvalue weighted by atomic mass is 10.1.